The molecule has 1 aromatic heterocycles. The summed E-state index contributed by atoms with van der Waals surface area (Å²) in [6.07, 6.45) is 0. The minimum absolute atomic E-state index is 0.356. The van der Waals surface area contributed by atoms with Crippen molar-refractivity contribution in [3.63, 3.8) is 0 Å². The number of nitrogen functional groups attached to an aromatic ring is 1. The van der Waals surface area contributed by atoms with Gasteiger partial charge in [0.2, 0.25) is 0 Å². The Hall–Kier alpha value is -2.13. The molecule has 3 nitrogen and oxygen atoms in total. The van der Waals surface area contributed by atoms with E-state index >= 15 is 0 Å². The van der Waals surface area contributed by atoms with Gasteiger partial charge >= 0.3 is 0 Å². The molecular formula is C15H12ClNO2. The van der Waals surface area contributed by atoms with Crippen LogP contribution < -0.4 is 10.5 Å². The van der Waals surface area contributed by atoms with Crippen LogP contribution in [0.15, 0.2) is 52.9 Å². The Morgan fingerprint density at radius 2 is 2.00 bits per heavy atom. The highest BCUT2D eigenvalue weighted by atomic mass is 35.5. The molecule has 0 atom stereocenters. The first-order chi connectivity index (χ1) is 9.20. The number of fused-ring (bicyclic) bond motifs is 1. The molecule has 96 valence electrons. The fourth-order valence-corrected chi connectivity index (χ4v) is 2.08. The summed E-state index contributed by atoms with van der Waals surface area (Å²) in [7, 11) is 0. The zero-order chi connectivity index (χ0) is 13.2. The number of anilines is 1. The molecule has 0 saturated carbocycles. The third-order valence-electron chi connectivity index (χ3n) is 2.77. The van der Waals surface area contributed by atoms with E-state index in [-0.39, 0.29) is 0 Å². The maximum atomic E-state index is 5.89. The second kappa shape index (κ2) is 4.86. The first-order valence-corrected chi connectivity index (χ1v) is 6.25. The number of furan rings is 1. The highest BCUT2D eigenvalue weighted by Gasteiger charge is 2.05. The van der Waals surface area contributed by atoms with Gasteiger partial charge in [0.05, 0.1) is 0 Å². The smallest absolute Gasteiger partial charge is 0.146 e. The van der Waals surface area contributed by atoms with Crippen molar-refractivity contribution in [2.75, 3.05) is 5.73 Å². The lowest BCUT2D eigenvalue weighted by atomic mass is 10.2. The summed E-state index contributed by atoms with van der Waals surface area (Å²) in [5.74, 6) is 1.47. The molecule has 19 heavy (non-hydrogen) atoms. The second-order valence-electron chi connectivity index (χ2n) is 4.26. The van der Waals surface area contributed by atoms with Crippen LogP contribution in [0.5, 0.6) is 5.75 Å². The fourth-order valence-electron chi connectivity index (χ4n) is 1.90. The van der Waals surface area contributed by atoms with Crippen LogP contribution in [0, 0.1) is 0 Å². The molecule has 0 amide bonds. The van der Waals surface area contributed by atoms with Gasteiger partial charge in [0.25, 0.3) is 0 Å². The molecule has 4 heteroatoms. The lowest BCUT2D eigenvalue weighted by Gasteiger charge is -2.03. The molecule has 0 aliphatic rings. The lowest BCUT2D eigenvalue weighted by molar-refractivity contribution is 0.274. The van der Waals surface area contributed by atoms with Gasteiger partial charge in [-0.05, 0) is 42.5 Å². The van der Waals surface area contributed by atoms with Gasteiger partial charge in [0.15, 0.2) is 0 Å². The number of nitrogens with two attached hydrogens (primary N) is 1. The Kier molecular flexibility index (Phi) is 3.05. The second-order valence-corrected chi connectivity index (χ2v) is 4.69. The summed E-state index contributed by atoms with van der Waals surface area (Å²) < 4.78 is 11.3. The third kappa shape index (κ3) is 2.66. The van der Waals surface area contributed by atoms with Crippen LogP contribution >= 0.6 is 11.6 Å². The van der Waals surface area contributed by atoms with Crippen molar-refractivity contribution in [1.29, 1.82) is 0 Å². The van der Waals surface area contributed by atoms with Crippen LogP contribution in [0.25, 0.3) is 11.0 Å². The molecule has 3 rings (SSSR count). The maximum Gasteiger partial charge on any atom is 0.146 e. The fraction of sp³-hybridized carbons (Fsp3) is 0.0667. The van der Waals surface area contributed by atoms with Crippen molar-refractivity contribution in [2.45, 2.75) is 6.61 Å². The largest absolute Gasteiger partial charge is 0.486 e. The average molecular weight is 274 g/mol. The number of rotatable bonds is 3. The highest BCUT2D eigenvalue weighted by Crippen LogP contribution is 2.23. The predicted molar refractivity (Wildman–Crippen MR) is 76.4 cm³/mol. The molecule has 0 aliphatic heterocycles. The van der Waals surface area contributed by atoms with Gasteiger partial charge in [-0.15, -0.1) is 0 Å². The molecule has 0 saturated heterocycles. The number of ether oxygens (including phenoxy) is 1. The van der Waals surface area contributed by atoms with E-state index in [0.29, 0.717) is 17.4 Å². The molecule has 0 radical (unpaired) electrons. The van der Waals surface area contributed by atoms with Crippen molar-refractivity contribution in [2.24, 2.45) is 0 Å². The van der Waals surface area contributed by atoms with E-state index in [0.717, 1.165) is 22.4 Å². The topological polar surface area (TPSA) is 48.4 Å². The van der Waals surface area contributed by atoms with Gasteiger partial charge in [0.1, 0.15) is 23.7 Å². The van der Waals surface area contributed by atoms with Crippen LogP contribution in [0.2, 0.25) is 5.02 Å². The van der Waals surface area contributed by atoms with Crippen molar-refractivity contribution in [3.05, 3.63) is 59.3 Å². The summed E-state index contributed by atoms with van der Waals surface area (Å²) in [6.45, 7) is 0.356. The Morgan fingerprint density at radius 3 is 2.84 bits per heavy atom. The molecule has 0 bridgehead atoms. The number of benzene rings is 2. The summed E-state index contributed by atoms with van der Waals surface area (Å²) in [6, 6.07) is 14.7. The van der Waals surface area contributed by atoms with Gasteiger partial charge < -0.3 is 14.9 Å². The first-order valence-electron chi connectivity index (χ1n) is 5.87. The van der Waals surface area contributed by atoms with Crippen molar-refractivity contribution in [3.8, 4) is 5.75 Å². The van der Waals surface area contributed by atoms with Crippen LogP contribution in [-0.2, 0) is 6.61 Å². The first kappa shape index (κ1) is 11.9. The molecule has 3 aromatic rings. The third-order valence-corrected chi connectivity index (χ3v) is 3.00. The van der Waals surface area contributed by atoms with Crippen LogP contribution in [0.4, 0.5) is 5.69 Å². The molecule has 0 fully saturated rings. The van der Waals surface area contributed by atoms with Gasteiger partial charge in [-0.2, -0.15) is 0 Å². The summed E-state index contributed by atoms with van der Waals surface area (Å²) in [5, 5.41) is 1.62. The van der Waals surface area contributed by atoms with E-state index in [4.69, 9.17) is 26.5 Å². The van der Waals surface area contributed by atoms with E-state index < -0.39 is 0 Å². The lowest BCUT2D eigenvalue weighted by Crippen LogP contribution is -1.93. The van der Waals surface area contributed by atoms with E-state index in [1.807, 2.05) is 36.4 Å². The predicted octanol–water partition coefficient (Wildman–Crippen LogP) is 4.25. The minimum atomic E-state index is 0.356. The van der Waals surface area contributed by atoms with Gasteiger partial charge in [-0.3, -0.25) is 0 Å². The Balaban J connectivity index is 1.78. The van der Waals surface area contributed by atoms with E-state index in [1.54, 1.807) is 12.1 Å². The number of hydrogen-bond donors (Lipinski definition) is 1. The van der Waals surface area contributed by atoms with E-state index in [9.17, 15) is 0 Å². The Morgan fingerprint density at radius 1 is 1.11 bits per heavy atom. The molecule has 0 unspecified atom stereocenters. The molecule has 0 aliphatic carbocycles. The standard InChI is InChI=1S/C15H12ClNO2/c16-11-2-1-3-13(8-11)18-9-14-7-10-6-12(17)4-5-15(10)19-14/h1-8H,9,17H2. The van der Waals surface area contributed by atoms with E-state index in [2.05, 4.69) is 0 Å². The highest BCUT2D eigenvalue weighted by molar-refractivity contribution is 6.30. The van der Waals surface area contributed by atoms with Gasteiger partial charge in [0, 0.05) is 16.1 Å². The summed E-state index contributed by atoms with van der Waals surface area (Å²) >= 11 is 5.89. The molecular weight excluding hydrogens is 262 g/mol. The normalized spacial score (nSPS) is 10.8. The monoisotopic (exact) mass is 273 g/mol. The molecule has 1 heterocycles. The van der Waals surface area contributed by atoms with E-state index in [1.165, 1.54) is 0 Å². The quantitative estimate of drug-likeness (QED) is 0.726. The van der Waals surface area contributed by atoms with Crippen LogP contribution in [0.1, 0.15) is 5.76 Å². The van der Waals surface area contributed by atoms with Gasteiger partial charge in [-0.1, -0.05) is 17.7 Å². The molecule has 2 aromatic carbocycles. The Labute approximate surface area is 115 Å². The average Bonchev–Trinajstić information content (AvgIpc) is 2.78. The minimum Gasteiger partial charge on any atom is -0.486 e. The van der Waals surface area contributed by atoms with Gasteiger partial charge in [-0.25, -0.2) is 0 Å². The molecule has 2 N–H and O–H groups in total. The van der Waals surface area contributed by atoms with Crippen molar-refractivity contribution in [1.82, 2.24) is 0 Å². The SMILES string of the molecule is Nc1ccc2oc(COc3cccc(Cl)c3)cc2c1. The zero-order valence-electron chi connectivity index (χ0n) is 10.1. The van der Waals surface area contributed by atoms with Crippen LogP contribution in [0.3, 0.4) is 0 Å². The summed E-state index contributed by atoms with van der Waals surface area (Å²) in [5.41, 5.74) is 7.25. The maximum absolute atomic E-state index is 5.89. The van der Waals surface area contributed by atoms with Crippen molar-refractivity contribution >= 4 is 28.3 Å². The summed E-state index contributed by atoms with van der Waals surface area (Å²) in [4.78, 5) is 0. The van der Waals surface area contributed by atoms with Crippen molar-refractivity contribution < 1.29 is 9.15 Å². The number of hydrogen-bond acceptors (Lipinski definition) is 3. The zero-order valence-corrected chi connectivity index (χ0v) is 10.9. The van der Waals surface area contributed by atoms with Crippen LogP contribution in [-0.4, -0.2) is 0 Å². The molecule has 0 spiro atoms. The Bertz CT molecular complexity index is 721. The number of halogens is 1.